The SMILES string of the molecule is CCOC(=O)c1cc(O)c2ccc(N)cc2c1.CCOC(=O)c1cc2c3c(cccc3c1)NC(=O)O2.CN.Cc1cc(O)c2ccccc2c1.Nc1ccc2c(O)cc(C(=O)O)cc2c1.Nc1cccc2cc(C(=O)O)cc(O)c12. The third kappa shape index (κ3) is 14.2. The Morgan fingerprint density at radius 2 is 0.938 bits per heavy atom. The van der Waals surface area contributed by atoms with Gasteiger partial charge in [0.1, 0.15) is 28.7 Å². The van der Waals surface area contributed by atoms with Gasteiger partial charge in [-0.2, -0.15) is 0 Å². The molecule has 19 heteroatoms. The highest BCUT2D eigenvalue weighted by atomic mass is 16.6. The van der Waals surface area contributed by atoms with Crippen LogP contribution in [0.3, 0.4) is 0 Å². The monoisotopic (exact) mass is 1080 g/mol. The Morgan fingerprint density at radius 1 is 0.487 bits per heavy atom. The van der Waals surface area contributed by atoms with E-state index in [1.807, 2.05) is 43.3 Å². The maximum Gasteiger partial charge on any atom is 0.417 e. The summed E-state index contributed by atoms with van der Waals surface area (Å²) in [5.74, 6) is -2.40. The number of hydrogen-bond acceptors (Lipinski definition) is 16. The highest BCUT2D eigenvalue weighted by molar-refractivity contribution is 6.10. The highest BCUT2D eigenvalue weighted by Gasteiger charge is 2.22. The Kier molecular flexibility index (Phi) is 19.2. The van der Waals surface area contributed by atoms with Crippen LogP contribution < -0.4 is 33.0 Å². The van der Waals surface area contributed by atoms with E-state index in [1.54, 1.807) is 92.7 Å². The van der Waals surface area contributed by atoms with Crippen molar-refractivity contribution in [1.29, 1.82) is 0 Å². The van der Waals surface area contributed by atoms with Gasteiger partial charge in [-0.3, -0.25) is 5.32 Å². The van der Waals surface area contributed by atoms with Crippen molar-refractivity contribution in [2.24, 2.45) is 5.73 Å². The highest BCUT2D eigenvalue weighted by Crippen LogP contribution is 2.37. The van der Waals surface area contributed by atoms with Gasteiger partial charge < -0.3 is 67.8 Å². The van der Waals surface area contributed by atoms with Crippen LogP contribution in [0.1, 0.15) is 60.8 Å². The number of hydrogen-bond donors (Lipinski definition) is 11. The molecule has 0 saturated heterocycles. The first-order chi connectivity index (χ1) is 38.2. The second-order valence-corrected chi connectivity index (χ2v) is 17.3. The minimum atomic E-state index is -1.07. The van der Waals surface area contributed by atoms with Crippen LogP contribution in [0.15, 0.2) is 158 Å². The summed E-state index contributed by atoms with van der Waals surface area (Å²) in [6, 6.07) is 43.9. The summed E-state index contributed by atoms with van der Waals surface area (Å²) in [5.41, 5.74) is 25.5. The third-order valence-corrected chi connectivity index (χ3v) is 11.8. The first-order valence-electron chi connectivity index (χ1n) is 24.4. The normalized spacial score (nSPS) is 10.8. The quantitative estimate of drug-likeness (QED) is 0.0544. The molecule has 0 aliphatic carbocycles. The number of aryl methyl sites for hydroxylation is 1. The van der Waals surface area contributed by atoms with E-state index < -0.39 is 30.0 Å². The number of rotatable bonds is 6. The van der Waals surface area contributed by atoms with Crippen molar-refractivity contribution in [3.05, 3.63) is 186 Å². The molecule has 1 amide bonds. The van der Waals surface area contributed by atoms with Crippen molar-refractivity contribution in [3.63, 3.8) is 0 Å². The van der Waals surface area contributed by atoms with Crippen molar-refractivity contribution in [1.82, 2.24) is 0 Å². The van der Waals surface area contributed by atoms with E-state index in [9.17, 15) is 44.4 Å². The fraction of sp³-hybridized carbons (Fsp3) is 0.0984. The van der Waals surface area contributed by atoms with Gasteiger partial charge in [-0.15, -0.1) is 0 Å². The second kappa shape index (κ2) is 26.3. The van der Waals surface area contributed by atoms with Gasteiger partial charge in [0.2, 0.25) is 0 Å². The summed E-state index contributed by atoms with van der Waals surface area (Å²) in [6.45, 7) is 6.05. The first kappa shape index (κ1) is 58.5. The number of amides is 1. The number of aromatic hydroxyl groups is 4. The van der Waals surface area contributed by atoms with Gasteiger partial charge in [-0.05, 0) is 163 Å². The number of fused-ring (bicyclic) bond motifs is 4. The van der Waals surface area contributed by atoms with E-state index in [4.69, 9.17) is 41.6 Å². The van der Waals surface area contributed by atoms with Gasteiger partial charge in [-0.25, -0.2) is 24.0 Å². The molecule has 0 aromatic heterocycles. The number of ether oxygens (including phenoxy) is 3. The zero-order valence-corrected chi connectivity index (χ0v) is 43.7. The first-order valence-corrected chi connectivity index (χ1v) is 24.4. The van der Waals surface area contributed by atoms with E-state index in [2.05, 4.69) is 17.1 Å². The second-order valence-electron chi connectivity index (χ2n) is 17.3. The number of benzene rings is 10. The summed E-state index contributed by atoms with van der Waals surface area (Å²) in [7, 11) is 1.50. The molecule has 0 radical (unpaired) electrons. The predicted octanol–water partition coefficient (Wildman–Crippen LogP) is 11.3. The van der Waals surface area contributed by atoms with Crippen LogP contribution in [-0.4, -0.2) is 80.9 Å². The van der Waals surface area contributed by atoms with Crippen LogP contribution in [0.25, 0.3) is 53.9 Å². The Bertz CT molecular complexity index is 3960. The molecule has 0 unspecified atom stereocenters. The fourth-order valence-electron chi connectivity index (χ4n) is 8.33. The topological polar surface area (TPSA) is 351 Å². The lowest BCUT2D eigenvalue weighted by molar-refractivity contribution is 0.0516. The summed E-state index contributed by atoms with van der Waals surface area (Å²) in [6.07, 6.45) is -0.555. The largest absolute Gasteiger partial charge is 0.507 e. The third-order valence-electron chi connectivity index (χ3n) is 11.8. The van der Waals surface area contributed by atoms with Gasteiger partial charge in [0.05, 0.1) is 41.2 Å². The summed E-state index contributed by atoms with van der Waals surface area (Å²) < 4.78 is 15.0. The van der Waals surface area contributed by atoms with E-state index in [0.29, 0.717) is 90.9 Å². The zero-order valence-electron chi connectivity index (χ0n) is 43.7. The number of aromatic carboxylic acids is 2. The molecule has 10 aromatic carbocycles. The van der Waals surface area contributed by atoms with Crippen molar-refractivity contribution >= 4 is 107 Å². The minimum absolute atomic E-state index is 0.0468. The van der Waals surface area contributed by atoms with Crippen molar-refractivity contribution in [2.45, 2.75) is 20.8 Å². The lowest BCUT2D eigenvalue weighted by Crippen LogP contribution is -2.21. The number of carboxylic acid groups (broad SMARTS) is 2. The molecule has 1 heterocycles. The number of anilines is 4. The molecule has 410 valence electrons. The number of nitrogens with one attached hydrogen (secondary N) is 1. The number of carboxylic acids is 2. The van der Waals surface area contributed by atoms with Crippen molar-refractivity contribution in [3.8, 4) is 28.7 Å². The number of esters is 2. The molecule has 19 nitrogen and oxygen atoms in total. The number of nitrogen functional groups attached to an aromatic ring is 3. The molecular formula is C61H57N5O14. The van der Waals surface area contributed by atoms with Gasteiger partial charge in [0.25, 0.3) is 0 Å². The molecule has 1 aliphatic heterocycles. The number of phenols is 4. The molecule has 1 aliphatic rings. The van der Waals surface area contributed by atoms with E-state index in [-0.39, 0.29) is 28.4 Å². The average molecular weight is 1080 g/mol. The van der Waals surface area contributed by atoms with Crippen molar-refractivity contribution in [2.75, 3.05) is 42.8 Å². The smallest absolute Gasteiger partial charge is 0.417 e. The number of carbonyl (C=O) groups excluding carboxylic acids is 3. The van der Waals surface area contributed by atoms with Crippen LogP contribution in [0.4, 0.5) is 27.5 Å². The van der Waals surface area contributed by atoms with Crippen LogP contribution in [-0.2, 0) is 9.47 Å². The van der Waals surface area contributed by atoms with Crippen LogP contribution in [0, 0.1) is 6.92 Å². The van der Waals surface area contributed by atoms with Gasteiger partial charge in [0.15, 0.2) is 0 Å². The Balaban J connectivity index is 0.000000161. The molecule has 80 heavy (non-hydrogen) atoms. The molecule has 10 aromatic rings. The molecule has 11 rings (SSSR count). The summed E-state index contributed by atoms with van der Waals surface area (Å²) in [5, 5.41) is 66.1. The van der Waals surface area contributed by atoms with Crippen molar-refractivity contribution < 1.29 is 68.8 Å². The molecule has 0 fully saturated rings. The van der Waals surface area contributed by atoms with E-state index >= 15 is 0 Å². The lowest BCUT2D eigenvalue weighted by atomic mass is 10.0. The summed E-state index contributed by atoms with van der Waals surface area (Å²) in [4.78, 5) is 56.2. The maximum absolute atomic E-state index is 11.8. The van der Waals surface area contributed by atoms with E-state index in [0.717, 1.165) is 27.1 Å². The molecule has 0 saturated carbocycles. The van der Waals surface area contributed by atoms with Crippen LogP contribution in [0.2, 0.25) is 0 Å². The predicted molar refractivity (Wildman–Crippen MR) is 310 cm³/mol. The number of phenolic OH excluding ortho intramolecular Hbond substituents is 4. The number of carbonyl (C=O) groups is 5. The Hall–Kier alpha value is -10.8. The Morgan fingerprint density at radius 3 is 1.51 bits per heavy atom. The minimum Gasteiger partial charge on any atom is -0.507 e. The van der Waals surface area contributed by atoms with Crippen LogP contribution >= 0.6 is 0 Å². The Labute approximate surface area is 457 Å². The fourth-order valence-corrected chi connectivity index (χ4v) is 8.33. The molecular weight excluding hydrogens is 1030 g/mol. The molecule has 0 bridgehead atoms. The molecule has 15 N–H and O–H groups in total. The van der Waals surface area contributed by atoms with Gasteiger partial charge in [0, 0.05) is 44.0 Å². The summed E-state index contributed by atoms with van der Waals surface area (Å²) >= 11 is 0. The number of nitrogens with two attached hydrogens (primary N) is 4. The zero-order chi connectivity index (χ0) is 58.4. The maximum atomic E-state index is 11.8. The molecule has 0 spiro atoms. The van der Waals surface area contributed by atoms with Crippen LogP contribution in [0.5, 0.6) is 28.7 Å². The standard InChI is InChI=1S/C14H11NO4.C13H13NO3.2C11H9NO3.C11H10O.CH5N/c1-2-18-13(16)9-6-8-4-3-5-10-12(8)11(7-9)19-14(17)15-10;1-2-17-13(16)9-5-8-6-10(14)3-4-11(8)12(15)7-9;12-8-1-2-9-6(4-8)3-7(11(14)15)5-10(9)13;12-8-3-1-2-6-4-7(11(14)15)5-9(13)10(6)8;1-8-6-9-4-2-3-5-10(9)11(12)7-8;1-2/h3-7H,2H2,1H3,(H,15,17);3-7,15H,2,14H2,1H3;2*1-5,13H,12H2,(H,14,15);2-7,12H,1H3;2H2,1H3. The van der Waals surface area contributed by atoms with E-state index in [1.165, 1.54) is 43.4 Å². The average Bonchev–Trinajstić information content (AvgIpc) is 3.41. The van der Waals surface area contributed by atoms with Gasteiger partial charge >= 0.3 is 30.0 Å². The van der Waals surface area contributed by atoms with Gasteiger partial charge in [-0.1, -0.05) is 54.6 Å². The molecule has 0 atom stereocenters. The lowest BCUT2D eigenvalue weighted by Gasteiger charge is -2.18.